The third-order valence-electron chi connectivity index (χ3n) is 3.99. The van der Waals surface area contributed by atoms with Gasteiger partial charge in [-0.3, -0.25) is 9.59 Å². The zero-order chi connectivity index (χ0) is 23.1. The molecule has 0 radical (unpaired) electrons. The number of carboxylic acid groups (broad SMARTS) is 2. The number of fused-ring (bicyclic) bond motifs is 1. The minimum absolute atomic E-state index is 0.150. The Morgan fingerprint density at radius 1 is 1.27 bits per heavy atom. The van der Waals surface area contributed by atoms with Crippen molar-refractivity contribution in [3.63, 3.8) is 0 Å². The van der Waals surface area contributed by atoms with Gasteiger partial charge in [0, 0.05) is 42.8 Å². The zero-order valence-electron chi connectivity index (χ0n) is 17.5. The van der Waals surface area contributed by atoms with Crippen LogP contribution in [0.1, 0.15) is 18.9 Å². The third kappa shape index (κ3) is 8.93. The molecule has 166 valence electrons. The number of carbonyl (C=O) groups is 3. The van der Waals surface area contributed by atoms with Crippen LogP contribution in [0.25, 0.3) is 10.9 Å². The summed E-state index contributed by atoms with van der Waals surface area (Å²) in [6.07, 6.45) is 1.08. The Morgan fingerprint density at radius 3 is 2.40 bits per heavy atom. The molecule has 0 aliphatic rings. The number of nitrogens with two attached hydrogens (primary N) is 1. The zero-order valence-corrected chi connectivity index (χ0v) is 17.5. The monoisotopic (exact) mass is 423 g/mol. The molecular weight excluding hydrogens is 394 g/mol. The van der Waals surface area contributed by atoms with Gasteiger partial charge in [0.2, 0.25) is 0 Å². The summed E-state index contributed by atoms with van der Waals surface area (Å²) in [5.74, 6) is -2.55. The van der Waals surface area contributed by atoms with Gasteiger partial charge in [0.25, 0.3) is 0 Å². The number of phenols is 1. The standard InChI is InChI=1S/C11H12N2O3.C9H17NO4/c12-9(11(15)16)3-6-5-13-10-2-1-7(14)4-8(6)10;1-7(11)14-8(5-9(12)13)6-10(2,3)4/h1-2,4-5,9,13-14H,3,12H2,(H,15,16);8H,5-6H2,1-4H3/t9-;8-/m01/s1. The Kier molecular flexibility index (Phi) is 8.81. The molecule has 2 atom stereocenters. The lowest BCUT2D eigenvalue weighted by molar-refractivity contribution is -0.873. The molecule has 0 unspecified atom stereocenters. The van der Waals surface area contributed by atoms with Crippen molar-refractivity contribution in [3.8, 4) is 5.75 Å². The highest BCUT2D eigenvalue weighted by molar-refractivity contribution is 5.85. The molecule has 10 heteroatoms. The summed E-state index contributed by atoms with van der Waals surface area (Å²) < 4.78 is 5.39. The molecule has 2 rings (SSSR count). The molecule has 1 aromatic carbocycles. The molecule has 30 heavy (non-hydrogen) atoms. The van der Waals surface area contributed by atoms with Crippen molar-refractivity contribution in [2.24, 2.45) is 5.73 Å². The largest absolute Gasteiger partial charge is 0.550 e. The van der Waals surface area contributed by atoms with Gasteiger partial charge < -0.3 is 40.1 Å². The quantitative estimate of drug-likeness (QED) is 0.328. The third-order valence-corrected chi connectivity index (χ3v) is 3.99. The first kappa shape index (κ1) is 24.9. The SMILES string of the molecule is CC(=O)O[C@H](CC(=O)[O-])C[N+](C)(C)C.N[C@@H](Cc1c[nH]c2ccc(O)cc12)C(=O)O. The van der Waals surface area contributed by atoms with Crippen LogP contribution in [0.15, 0.2) is 24.4 Å². The second kappa shape index (κ2) is 10.6. The van der Waals surface area contributed by atoms with Crippen molar-refractivity contribution in [1.29, 1.82) is 0 Å². The molecule has 0 fully saturated rings. The maximum absolute atomic E-state index is 10.7. The minimum atomic E-state index is -1.20. The molecule has 2 aromatic rings. The summed E-state index contributed by atoms with van der Waals surface area (Å²) in [5.41, 5.74) is 7.11. The Balaban J connectivity index is 0.000000304. The average Bonchev–Trinajstić information content (AvgIpc) is 2.94. The fraction of sp³-hybridized carbons (Fsp3) is 0.450. The van der Waals surface area contributed by atoms with Gasteiger partial charge in [0.05, 0.1) is 21.1 Å². The molecular formula is C20H29N3O7. The van der Waals surface area contributed by atoms with E-state index in [4.69, 9.17) is 15.6 Å². The van der Waals surface area contributed by atoms with E-state index in [1.165, 1.54) is 6.92 Å². The highest BCUT2D eigenvalue weighted by Gasteiger charge is 2.20. The van der Waals surface area contributed by atoms with E-state index in [1.807, 2.05) is 21.1 Å². The fourth-order valence-corrected chi connectivity index (χ4v) is 2.83. The first-order valence-corrected chi connectivity index (χ1v) is 9.23. The second-order valence-corrected chi connectivity index (χ2v) is 7.97. The van der Waals surface area contributed by atoms with Crippen LogP contribution in [0.4, 0.5) is 0 Å². The molecule has 5 N–H and O–H groups in total. The van der Waals surface area contributed by atoms with Gasteiger partial charge in [0.1, 0.15) is 18.3 Å². The van der Waals surface area contributed by atoms with Gasteiger partial charge in [-0.1, -0.05) is 0 Å². The van der Waals surface area contributed by atoms with Crippen molar-refractivity contribution in [1.82, 2.24) is 4.98 Å². The highest BCUT2D eigenvalue weighted by atomic mass is 16.5. The number of hydrogen-bond acceptors (Lipinski definition) is 7. The molecule has 10 nitrogen and oxygen atoms in total. The lowest BCUT2D eigenvalue weighted by Crippen LogP contribution is -2.45. The first-order valence-electron chi connectivity index (χ1n) is 9.23. The number of aliphatic carboxylic acids is 2. The molecule has 0 saturated carbocycles. The van der Waals surface area contributed by atoms with Gasteiger partial charge in [-0.15, -0.1) is 0 Å². The van der Waals surface area contributed by atoms with Gasteiger partial charge in [-0.2, -0.15) is 0 Å². The van der Waals surface area contributed by atoms with E-state index in [2.05, 4.69) is 4.98 Å². The summed E-state index contributed by atoms with van der Waals surface area (Å²) in [5, 5.41) is 29.2. The number of carbonyl (C=O) groups excluding carboxylic acids is 2. The van der Waals surface area contributed by atoms with Crippen molar-refractivity contribution in [2.75, 3.05) is 27.7 Å². The molecule has 0 bridgehead atoms. The lowest BCUT2D eigenvalue weighted by Gasteiger charge is -2.28. The number of nitrogens with zero attached hydrogens (tertiary/aromatic N) is 1. The van der Waals surface area contributed by atoms with Crippen molar-refractivity contribution in [3.05, 3.63) is 30.0 Å². The number of carboxylic acids is 2. The van der Waals surface area contributed by atoms with E-state index < -0.39 is 30.1 Å². The molecule has 0 aliphatic carbocycles. The van der Waals surface area contributed by atoms with Gasteiger partial charge >= 0.3 is 11.9 Å². The van der Waals surface area contributed by atoms with Crippen LogP contribution in [0.3, 0.4) is 0 Å². The summed E-state index contributed by atoms with van der Waals surface area (Å²) in [6.45, 7) is 1.71. The average molecular weight is 423 g/mol. The van der Waals surface area contributed by atoms with Crippen LogP contribution >= 0.6 is 0 Å². The van der Waals surface area contributed by atoms with E-state index in [1.54, 1.807) is 24.4 Å². The van der Waals surface area contributed by atoms with E-state index >= 15 is 0 Å². The first-order chi connectivity index (χ1) is 13.8. The second-order valence-electron chi connectivity index (χ2n) is 7.97. The van der Waals surface area contributed by atoms with Crippen molar-refractivity contribution in [2.45, 2.75) is 31.9 Å². The van der Waals surface area contributed by atoms with Crippen LogP contribution < -0.4 is 10.8 Å². The lowest BCUT2D eigenvalue weighted by atomic mass is 10.1. The summed E-state index contributed by atoms with van der Waals surface area (Å²) in [6, 6.07) is 3.97. The number of H-pyrrole nitrogens is 1. The number of aromatic amines is 1. The minimum Gasteiger partial charge on any atom is -0.550 e. The molecule has 1 heterocycles. The number of benzene rings is 1. The van der Waals surface area contributed by atoms with E-state index in [-0.39, 0.29) is 18.6 Å². The van der Waals surface area contributed by atoms with Crippen LogP contribution in [0.5, 0.6) is 5.75 Å². The Bertz CT molecular complexity index is 870. The van der Waals surface area contributed by atoms with E-state index in [0.717, 1.165) is 16.5 Å². The number of aromatic hydroxyl groups is 1. The predicted octanol–water partition coefficient (Wildman–Crippen LogP) is -0.408. The number of quaternary nitrogens is 1. The molecule has 0 saturated heterocycles. The molecule has 0 aliphatic heterocycles. The summed E-state index contributed by atoms with van der Waals surface area (Å²) in [7, 11) is 5.68. The smallest absolute Gasteiger partial charge is 0.320 e. The topological polar surface area (TPSA) is 166 Å². The van der Waals surface area contributed by atoms with E-state index in [9.17, 15) is 24.6 Å². The number of hydrogen-bond donors (Lipinski definition) is 4. The molecule has 1 aromatic heterocycles. The number of aromatic nitrogens is 1. The highest BCUT2D eigenvalue weighted by Crippen LogP contribution is 2.23. The Labute approximate surface area is 174 Å². The van der Waals surface area contributed by atoms with Crippen LogP contribution in [-0.2, 0) is 25.5 Å². The number of nitrogens with one attached hydrogen (secondary N) is 1. The van der Waals surface area contributed by atoms with E-state index in [0.29, 0.717) is 11.0 Å². The van der Waals surface area contributed by atoms with Gasteiger partial charge in [0.15, 0.2) is 6.10 Å². The number of phenolic OH excluding ortho intramolecular Hbond substituents is 1. The molecule has 0 spiro atoms. The molecule has 0 amide bonds. The Morgan fingerprint density at radius 2 is 1.90 bits per heavy atom. The maximum Gasteiger partial charge on any atom is 0.320 e. The number of rotatable bonds is 8. The fourth-order valence-electron chi connectivity index (χ4n) is 2.83. The summed E-state index contributed by atoms with van der Waals surface area (Å²) in [4.78, 5) is 34.7. The predicted molar refractivity (Wildman–Crippen MR) is 107 cm³/mol. The maximum atomic E-state index is 10.7. The number of esters is 1. The van der Waals surface area contributed by atoms with Crippen LogP contribution in [0, 0.1) is 0 Å². The Hall–Kier alpha value is -3.11. The van der Waals surface area contributed by atoms with Crippen molar-refractivity contribution < 1.29 is 38.9 Å². The normalized spacial score (nSPS) is 13.1. The van der Waals surface area contributed by atoms with Crippen LogP contribution in [-0.4, -0.2) is 77.4 Å². The summed E-state index contributed by atoms with van der Waals surface area (Å²) >= 11 is 0. The van der Waals surface area contributed by atoms with Gasteiger partial charge in [-0.05, 0) is 23.8 Å². The number of ether oxygens (including phenoxy) is 1. The van der Waals surface area contributed by atoms with Crippen molar-refractivity contribution >= 4 is 28.8 Å². The van der Waals surface area contributed by atoms with Gasteiger partial charge in [-0.25, -0.2) is 0 Å². The van der Waals surface area contributed by atoms with Crippen LogP contribution in [0.2, 0.25) is 0 Å². The number of likely N-dealkylation sites (N-methyl/N-ethyl adjacent to an activating group) is 1.